The van der Waals surface area contributed by atoms with E-state index in [1.165, 1.54) is 0 Å². The first-order chi connectivity index (χ1) is 7.52. The van der Waals surface area contributed by atoms with Gasteiger partial charge in [-0.2, -0.15) is 0 Å². The first-order valence-electron chi connectivity index (χ1n) is 5.24. The van der Waals surface area contributed by atoms with Gasteiger partial charge < -0.3 is 4.57 Å². The minimum Gasteiger partial charge on any atom is -0.345 e. The second-order valence-electron chi connectivity index (χ2n) is 3.97. The van der Waals surface area contributed by atoms with Crippen molar-refractivity contribution in [3.63, 3.8) is 0 Å². The fraction of sp³-hybridized carbons (Fsp3) is 0.462. The number of carbonyl (C=O) groups is 1. The van der Waals surface area contributed by atoms with Crippen molar-refractivity contribution < 1.29 is 4.79 Å². The maximum absolute atomic E-state index is 11.6. The molecule has 1 aromatic rings. The molecular formula is C13H16ClNO. The van der Waals surface area contributed by atoms with Crippen molar-refractivity contribution in [2.24, 2.45) is 0 Å². The summed E-state index contributed by atoms with van der Waals surface area (Å²) in [6, 6.07) is 2.09. The number of aryl methyl sites for hydroxylation is 1. The Bertz CT molecular complexity index is 440. The number of aromatic nitrogens is 1. The second-order valence-corrected chi connectivity index (χ2v) is 4.24. The van der Waals surface area contributed by atoms with Crippen LogP contribution in [0.5, 0.6) is 0 Å². The fourth-order valence-electron chi connectivity index (χ4n) is 2.07. The Morgan fingerprint density at radius 3 is 2.75 bits per heavy atom. The normalized spacial score (nSPS) is 12.2. The van der Waals surface area contributed by atoms with Crippen LogP contribution in [0.15, 0.2) is 6.07 Å². The minimum atomic E-state index is -0.0334. The minimum absolute atomic E-state index is 0.0216. The summed E-state index contributed by atoms with van der Waals surface area (Å²) in [5, 5.41) is 0. The number of hydrogen-bond donors (Lipinski definition) is 0. The number of halogens is 1. The number of alkyl halides is 1. The standard InChI is InChI=1S/C13H16ClNO/c1-5-6-9(2)15-10(3)7-12(11(15)4)13(16)8-14/h1,7,9H,6,8H2,2-4H3. The molecule has 0 aliphatic rings. The van der Waals surface area contributed by atoms with Crippen molar-refractivity contribution in [3.05, 3.63) is 23.0 Å². The molecule has 0 bridgehead atoms. The van der Waals surface area contributed by atoms with Crippen molar-refractivity contribution in [2.45, 2.75) is 33.2 Å². The highest BCUT2D eigenvalue weighted by molar-refractivity contribution is 6.30. The number of hydrogen-bond acceptors (Lipinski definition) is 1. The molecule has 2 nitrogen and oxygen atoms in total. The third kappa shape index (κ3) is 2.31. The molecule has 3 heteroatoms. The Balaban J connectivity index is 3.17. The van der Waals surface area contributed by atoms with Crippen LogP contribution in [0.25, 0.3) is 0 Å². The van der Waals surface area contributed by atoms with E-state index in [-0.39, 0.29) is 17.7 Å². The number of Topliss-reactive ketones (excluding diaryl/α,β-unsaturated/α-hetero) is 1. The SMILES string of the molecule is C#CCC(C)n1c(C)cc(C(=O)CCl)c1C. The lowest BCUT2D eigenvalue weighted by atomic mass is 10.2. The van der Waals surface area contributed by atoms with Gasteiger partial charge in [0.15, 0.2) is 5.78 Å². The Labute approximate surface area is 102 Å². The van der Waals surface area contributed by atoms with Gasteiger partial charge in [0, 0.05) is 29.4 Å². The molecule has 0 amide bonds. The molecule has 0 saturated heterocycles. The van der Waals surface area contributed by atoms with E-state index >= 15 is 0 Å². The molecule has 1 atom stereocenters. The molecule has 1 heterocycles. The van der Waals surface area contributed by atoms with Crippen LogP contribution in [0.1, 0.15) is 41.1 Å². The van der Waals surface area contributed by atoms with E-state index in [1.807, 2.05) is 19.9 Å². The zero-order valence-corrected chi connectivity index (χ0v) is 10.6. The van der Waals surface area contributed by atoms with Gasteiger partial charge in [-0.25, -0.2) is 0 Å². The molecule has 0 radical (unpaired) electrons. The molecule has 0 saturated carbocycles. The topological polar surface area (TPSA) is 22.0 Å². The summed E-state index contributed by atoms with van der Waals surface area (Å²) in [6.07, 6.45) is 5.97. The van der Waals surface area contributed by atoms with Crippen molar-refractivity contribution in [2.75, 3.05) is 5.88 Å². The molecule has 1 rings (SSSR count). The van der Waals surface area contributed by atoms with Crippen LogP contribution in [-0.2, 0) is 0 Å². The molecule has 0 fully saturated rings. The summed E-state index contributed by atoms with van der Waals surface area (Å²) < 4.78 is 2.10. The Morgan fingerprint density at radius 2 is 2.25 bits per heavy atom. The van der Waals surface area contributed by atoms with Gasteiger partial charge in [-0.3, -0.25) is 4.79 Å². The summed E-state index contributed by atoms with van der Waals surface area (Å²) in [4.78, 5) is 11.6. The predicted molar refractivity (Wildman–Crippen MR) is 67.1 cm³/mol. The van der Waals surface area contributed by atoms with Crippen LogP contribution in [-0.4, -0.2) is 16.2 Å². The average Bonchev–Trinajstić information content (AvgIpc) is 2.53. The van der Waals surface area contributed by atoms with E-state index in [9.17, 15) is 4.79 Å². The van der Waals surface area contributed by atoms with Gasteiger partial charge in [-0.15, -0.1) is 23.9 Å². The third-order valence-electron chi connectivity index (χ3n) is 2.76. The van der Waals surface area contributed by atoms with E-state index in [0.717, 1.165) is 11.4 Å². The first-order valence-corrected chi connectivity index (χ1v) is 5.77. The summed E-state index contributed by atoms with van der Waals surface area (Å²) in [6.45, 7) is 5.96. The summed E-state index contributed by atoms with van der Waals surface area (Å²) in [7, 11) is 0. The van der Waals surface area contributed by atoms with Gasteiger partial charge in [0.05, 0.1) is 5.88 Å². The molecule has 1 aromatic heterocycles. The van der Waals surface area contributed by atoms with Crippen LogP contribution in [0.2, 0.25) is 0 Å². The van der Waals surface area contributed by atoms with E-state index in [2.05, 4.69) is 17.4 Å². The first kappa shape index (κ1) is 12.9. The molecule has 86 valence electrons. The van der Waals surface area contributed by atoms with Gasteiger partial charge in [0.25, 0.3) is 0 Å². The van der Waals surface area contributed by atoms with Gasteiger partial charge in [-0.05, 0) is 26.8 Å². The molecule has 0 aliphatic carbocycles. The molecule has 0 spiro atoms. The fourth-order valence-corrected chi connectivity index (χ4v) is 2.22. The number of carbonyl (C=O) groups excluding carboxylic acids is 1. The maximum atomic E-state index is 11.6. The smallest absolute Gasteiger partial charge is 0.179 e. The van der Waals surface area contributed by atoms with Gasteiger partial charge in [0.1, 0.15) is 0 Å². The number of nitrogens with zero attached hydrogens (tertiary/aromatic N) is 1. The Kier molecular flexibility index (Phi) is 4.20. The van der Waals surface area contributed by atoms with E-state index in [0.29, 0.717) is 12.0 Å². The third-order valence-corrected chi connectivity index (χ3v) is 3.00. The van der Waals surface area contributed by atoms with Gasteiger partial charge in [-0.1, -0.05) is 0 Å². The summed E-state index contributed by atoms with van der Waals surface area (Å²) >= 11 is 5.57. The average molecular weight is 238 g/mol. The van der Waals surface area contributed by atoms with Crippen molar-refractivity contribution in [1.29, 1.82) is 0 Å². The zero-order valence-electron chi connectivity index (χ0n) is 9.88. The van der Waals surface area contributed by atoms with Crippen LogP contribution in [0.4, 0.5) is 0 Å². The van der Waals surface area contributed by atoms with Crippen LogP contribution in [0, 0.1) is 26.2 Å². The largest absolute Gasteiger partial charge is 0.345 e. The van der Waals surface area contributed by atoms with Crippen molar-refractivity contribution in [3.8, 4) is 12.3 Å². The highest BCUT2D eigenvalue weighted by Gasteiger charge is 2.17. The van der Waals surface area contributed by atoms with E-state index in [1.54, 1.807) is 0 Å². The maximum Gasteiger partial charge on any atom is 0.179 e. The van der Waals surface area contributed by atoms with E-state index in [4.69, 9.17) is 18.0 Å². The number of terminal acetylenes is 1. The van der Waals surface area contributed by atoms with Gasteiger partial charge >= 0.3 is 0 Å². The van der Waals surface area contributed by atoms with Crippen LogP contribution in [0.3, 0.4) is 0 Å². The summed E-state index contributed by atoms with van der Waals surface area (Å²) in [5.74, 6) is 2.63. The van der Waals surface area contributed by atoms with Gasteiger partial charge in [0.2, 0.25) is 0 Å². The Morgan fingerprint density at radius 1 is 1.62 bits per heavy atom. The second kappa shape index (κ2) is 5.23. The van der Waals surface area contributed by atoms with Crippen molar-refractivity contribution >= 4 is 17.4 Å². The number of rotatable bonds is 4. The van der Waals surface area contributed by atoms with Crippen LogP contribution >= 0.6 is 11.6 Å². The molecule has 1 unspecified atom stereocenters. The van der Waals surface area contributed by atoms with Crippen LogP contribution < -0.4 is 0 Å². The zero-order chi connectivity index (χ0) is 12.3. The molecule has 0 N–H and O–H groups in total. The lowest BCUT2D eigenvalue weighted by Crippen LogP contribution is -2.09. The Hall–Kier alpha value is -1.20. The van der Waals surface area contributed by atoms with Crippen molar-refractivity contribution in [1.82, 2.24) is 4.57 Å². The molecular weight excluding hydrogens is 222 g/mol. The monoisotopic (exact) mass is 237 g/mol. The lowest BCUT2D eigenvalue weighted by molar-refractivity contribution is 0.102. The molecule has 0 aromatic carbocycles. The quantitative estimate of drug-likeness (QED) is 0.448. The number of ketones is 1. The highest BCUT2D eigenvalue weighted by atomic mass is 35.5. The molecule has 0 aliphatic heterocycles. The molecule has 16 heavy (non-hydrogen) atoms. The lowest BCUT2D eigenvalue weighted by Gasteiger charge is -2.16. The predicted octanol–water partition coefficient (Wildman–Crippen LogP) is 3.11. The highest BCUT2D eigenvalue weighted by Crippen LogP contribution is 2.22. The van der Waals surface area contributed by atoms with E-state index < -0.39 is 0 Å². The summed E-state index contributed by atoms with van der Waals surface area (Å²) in [5.41, 5.74) is 2.70.